The number of aromatic nitrogens is 2. The number of halogens is 3. The maximum Gasteiger partial charge on any atom is 0.421 e. The van der Waals surface area contributed by atoms with Gasteiger partial charge >= 0.3 is 6.18 Å². The number of hydrogen-bond acceptors (Lipinski definition) is 3. The van der Waals surface area contributed by atoms with Crippen LogP contribution in [0, 0.1) is 0 Å². The van der Waals surface area contributed by atoms with Crippen LogP contribution in [-0.4, -0.2) is 26.9 Å². The maximum atomic E-state index is 13.0. The zero-order valence-electron chi connectivity index (χ0n) is 19.0. The number of alkyl halides is 3. The Bertz CT molecular complexity index is 1300. The van der Waals surface area contributed by atoms with Gasteiger partial charge in [0.1, 0.15) is 12.1 Å². The van der Waals surface area contributed by atoms with Gasteiger partial charge in [-0.1, -0.05) is 42.5 Å². The zero-order valence-corrected chi connectivity index (χ0v) is 19.0. The minimum atomic E-state index is -4.74. The summed E-state index contributed by atoms with van der Waals surface area (Å²) in [7, 11) is 0. The van der Waals surface area contributed by atoms with Gasteiger partial charge in [-0.05, 0) is 73.9 Å². The van der Waals surface area contributed by atoms with E-state index in [1.165, 1.54) is 12.1 Å². The second kappa shape index (κ2) is 8.99. The van der Waals surface area contributed by atoms with Crippen molar-refractivity contribution >= 4 is 23.2 Å². The van der Waals surface area contributed by atoms with Crippen LogP contribution in [0.5, 0.6) is 5.75 Å². The molecule has 4 rings (SSSR count). The first-order valence-electron chi connectivity index (χ1n) is 10.9. The molecule has 0 saturated carbocycles. The fraction of sp³-hybridized carbons (Fsp3) is 0.222. The Balaban J connectivity index is 1.52. The van der Waals surface area contributed by atoms with Crippen molar-refractivity contribution in [1.29, 1.82) is 0 Å². The molecule has 1 unspecified atom stereocenters. The van der Waals surface area contributed by atoms with Crippen LogP contribution in [0.1, 0.15) is 37.5 Å². The first kappa shape index (κ1) is 23.6. The van der Waals surface area contributed by atoms with Gasteiger partial charge in [0, 0.05) is 5.69 Å². The molecule has 1 aromatic heterocycles. The molecule has 3 aromatic carbocycles. The third-order valence-electron chi connectivity index (χ3n) is 5.55. The van der Waals surface area contributed by atoms with E-state index in [4.69, 9.17) is 4.74 Å². The van der Waals surface area contributed by atoms with E-state index in [1.807, 2.05) is 67.0 Å². The predicted molar refractivity (Wildman–Crippen MR) is 128 cm³/mol. The standard InChI is InChI=1S/C27H25F3N2O2/c1-18(2)34-23-13-11-22(12-14-23)32-17-31-24-16-20(8-15-25(24)32)5-4-19-6-9-21(10-7-19)26(3,33)27(28,29)30/h4-18,33H,1-3H3/b5-4-. The van der Waals surface area contributed by atoms with Gasteiger partial charge in [-0.25, -0.2) is 4.98 Å². The minimum Gasteiger partial charge on any atom is -0.491 e. The highest BCUT2D eigenvalue weighted by atomic mass is 19.4. The number of imidazole rings is 1. The molecule has 0 aliphatic heterocycles. The van der Waals surface area contributed by atoms with Crippen molar-refractivity contribution in [2.24, 2.45) is 0 Å². The fourth-order valence-electron chi connectivity index (χ4n) is 3.57. The number of aliphatic hydroxyl groups is 1. The third-order valence-corrected chi connectivity index (χ3v) is 5.55. The van der Waals surface area contributed by atoms with E-state index in [0.717, 1.165) is 40.5 Å². The number of rotatable bonds is 6. The van der Waals surface area contributed by atoms with Crippen LogP contribution in [0.15, 0.2) is 73.1 Å². The van der Waals surface area contributed by atoms with Gasteiger partial charge in [-0.3, -0.25) is 4.57 Å². The van der Waals surface area contributed by atoms with Gasteiger partial charge in [0.2, 0.25) is 0 Å². The van der Waals surface area contributed by atoms with Crippen molar-refractivity contribution in [3.63, 3.8) is 0 Å². The molecule has 0 aliphatic carbocycles. The van der Waals surface area contributed by atoms with Crippen molar-refractivity contribution in [3.05, 3.63) is 89.7 Å². The zero-order chi connectivity index (χ0) is 24.5. The Morgan fingerprint density at radius 1 is 0.912 bits per heavy atom. The highest BCUT2D eigenvalue weighted by molar-refractivity contribution is 5.82. The van der Waals surface area contributed by atoms with Crippen molar-refractivity contribution in [3.8, 4) is 11.4 Å². The summed E-state index contributed by atoms with van der Waals surface area (Å²) in [4.78, 5) is 4.51. The lowest BCUT2D eigenvalue weighted by atomic mass is 9.94. The Morgan fingerprint density at radius 3 is 2.15 bits per heavy atom. The normalized spacial score (nSPS) is 14.1. The van der Waals surface area contributed by atoms with Crippen LogP contribution < -0.4 is 4.74 Å². The molecule has 1 atom stereocenters. The molecule has 176 valence electrons. The topological polar surface area (TPSA) is 47.3 Å². The molecular weight excluding hydrogens is 441 g/mol. The quantitative estimate of drug-likeness (QED) is 0.320. The smallest absolute Gasteiger partial charge is 0.421 e. The molecule has 4 nitrogen and oxygen atoms in total. The summed E-state index contributed by atoms with van der Waals surface area (Å²) in [6, 6.07) is 19.4. The molecule has 4 aromatic rings. The van der Waals surface area contributed by atoms with E-state index >= 15 is 0 Å². The summed E-state index contributed by atoms with van der Waals surface area (Å²) < 4.78 is 46.7. The molecule has 1 N–H and O–H groups in total. The summed E-state index contributed by atoms with van der Waals surface area (Å²) >= 11 is 0. The molecule has 34 heavy (non-hydrogen) atoms. The summed E-state index contributed by atoms with van der Waals surface area (Å²) in [6.45, 7) is 4.72. The monoisotopic (exact) mass is 466 g/mol. The Kier molecular flexibility index (Phi) is 6.23. The number of hydrogen-bond donors (Lipinski definition) is 1. The molecule has 7 heteroatoms. The van der Waals surface area contributed by atoms with Gasteiger partial charge < -0.3 is 9.84 Å². The van der Waals surface area contributed by atoms with Crippen molar-refractivity contribution < 1.29 is 23.0 Å². The lowest BCUT2D eigenvalue weighted by molar-refractivity contribution is -0.258. The molecule has 0 bridgehead atoms. The average Bonchev–Trinajstić information content (AvgIpc) is 3.20. The van der Waals surface area contributed by atoms with Gasteiger partial charge in [0.05, 0.1) is 17.1 Å². The molecular formula is C27H25F3N2O2. The molecule has 0 radical (unpaired) electrons. The molecule has 0 fully saturated rings. The lowest BCUT2D eigenvalue weighted by Crippen LogP contribution is -2.39. The Hall–Kier alpha value is -3.58. The molecule has 0 amide bonds. The lowest BCUT2D eigenvalue weighted by Gasteiger charge is -2.26. The van der Waals surface area contributed by atoms with Crippen LogP contribution in [-0.2, 0) is 5.60 Å². The van der Waals surface area contributed by atoms with Crippen molar-refractivity contribution in [2.45, 2.75) is 38.7 Å². The summed E-state index contributed by atoms with van der Waals surface area (Å²) in [5.74, 6) is 0.811. The van der Waals surface area contributed by atoms with E-state index in [1.54, 1.807) is 24.5 Å². The van der Waals surface area contributed by atoms with Gasteiger partial charge in [0.25, 0.3) is 0 Å². The molecule has 0 spiro atoms. The van der Waals surface area contributed by atoms with E-state index in [-0.39, 0.29) is 11.7 Å². The molecule has 0 saturated heterocycles. The summed E-state index contributed by atoms with van der Waals surface area (Å²) in [5, 5.41) is 9.80. The number of nitrogens with zero attached hydrogens (tertiary/aromatic N) is 2. The Morgan fingerprint density at radius 2 is 1.53 bits per heavy atom. The maximum absolute atomic E-state index is 13.0. The first-order valence-corrected chi connectivity index (χ1v) is 10.9. The SMILES string of the molecule is CC(C)Oc1ccc(-n2cnc3cc(/C=C\c4ccc(C(C)(O)C(F)(F)F)cc4)ccc32)cc1. The van der Waals surface area contributed by atoms with Crippen LogP contribution in [0.2, 0.25) is 0 Å². The van der Waals surface area contributed by atoms with E-state index in [9.17, 15) is 18.3 Å². The summed E-state index contributed by atoms with van der Waals surface area (Å²) in [6.07, 6.45) is 0.805. The second-order valence-electron chi connectivity index (χ2n) is 8.55. The first-order chi connectivity index (χ1) is 16.0. The average molecular weight is 467 g/mol. The number of fused-ring (bicyclic) bond motifs is 1. The highest BCUT2D eigenvalue weighted by Gasteiger charge is 2.51. The number of ether oxygens (including phenoxy) is 1. The molecule has 1 heterocycles. The highest BCUT2D eigenvalue weighted by Crippen LogP contribution is 2.38. The second-order valence-corrected chi connectivity index (χ2v) is 8.55. The van der Waals surface area contributed by atoms with E-state index in [2.05, 4.69) is 4.98 Å². The fourth-order valence-corrected chi connectivity index (χ4v) is 3.57. The van der Waals surface area contributed by atoms with Crippen LogP contribution >= 0.6 is 0 Å². The van der Waals surface area contributed by atoms with Gasteiger partial charge in [-0.15, -0.1) is 0 Å². The predicted octanol–water partition coefficient (Wildman–Crippen LogP) is 6.75. The van der Waals surface area contributed by atoms with Crippen LogP contribution in [0.3, 0.4) is 0 Å². The van der Waals surface area contributed by atoms with Crippen molar-refractivity contribution in [2.75, 3.05) is 0 Å². The van der Waals surface area contributed by atoms with Crippen LogP contribution in [0.25, 0.3) is 28.9 Å². The van der Waals surface area contributed by atoms with Crippen LogP contribution in [0.4, 0.5) is 13.2 Å². The summed E-state index contributed by atoms with van der Waals surface area (Å²) in [5.41, 5.74) is 1.28. The Labute approximate surface area is 196 Å². The third kappa shape index (κ3) is 4.84. The largest absolute Gasteiger partial charge is 0.491 e. The van der Waals surface area contributed by atoms with Crippen molar-refractivity contribution in [1.82, 2.24) is 9.55 Å². The number of benzene rings is 3. The van der Waals surface area contributed by atoms with E-state index < -0.39 is 11.8 Å². The van der Waals surface area contributed by atoms with E-state index in [0.29, 0.717) is 0 Å². The van der Waals surface area contributed by atoms with Gasteiger partial charge in [0.15, 0.2) is 5.60 Å². The molecule has 0 aliphatic rings. The minimum absolute atomic E-state index is 0.110. The van der Waals surface area contributed by atoms with Gasteiger partial charge in [-0.2, -0.15) is 13.2 Å².